The Hall–Kier alpha value is -1.59. The van der Waals surface area contributed by atoms with E-state index in [4.69, 9.17) is 14.2 Å². The van der Waals surface area contributed by atoms with Gasteiger partial charge >= 0.3 is 17.9 Å². The minimum atomic E-state index is -0.762. The van der Waals surface area contributed by atoms with Gasteiger partial charge in [-0.15, -0.1) is 0 Å². The Balaban J connectivity index is 4.26. The molecule has 0 rings (SSSR count). The Kier molecular flexibility index (Phi) is 47.6. The highest BCUT2D eigenvalue weighted by molar-refractivity contribution is 5.71. The van der Waals surface area contributed by atoms with Crippen LogP contribution in [0.5, 0.6) is 0 Å². The normalized spacial score (nSPS) is 12.5. The van der Waals surface area contributed by atoms with Gasteiger partial charge in [0, 0.05) is 19.3 Å². The standard InChI is InChI=1S/C56H108O6/c1-6-8-9-10-11-12-13-18-22-25-31-36-41-46-54(57)60-49-53(62-56(59)48-43-38-33-28-27-30-35-40-45-52(5)7-2)50-61-55(58)47-42-37-32-26-23-20-17-15-14-16-19-21-24-29-34-39-44-51(3)4/h51-53H,6-50H2,1-5H3/t52?,53-/m1/s1. The Labute approximate surface area is 387 Å². The van der Waals surface area contributed by atoms with Gasteiger partial charge in [-0.3, -0.25) is 14.4 Å². The van der Waals surface area contributed by atoms with Gasteiger partial charge in [-0.25, -0.2) is 0 Å². The zero-order chi connectivity index (χ0) is 45.4. The average Bonchev–Trinajstić information content (AvgIpc) is 3.26. The molecule has 0 bridgehead atoms. The van der Waals surface area contributed by atoms with Crippen molar-refractivity contribution in [1.29, 1.82) is 0 Å². The summed E-state index contributed by atoms with van der Waals surface area (Å²) in [4.78, 5) is 38.0. The van der Waals surface area contributed by atoms with Gasteiger partial charge in [0.15, 0.2) is 6.10 Å². The molecule has 6 nitrogen and oxygen atoms in total. The van der Waals surface area contributed by atoms with Crippen LogP contribution >= 0.6 is 0 Å². The van der Waals surface area contributed by atoms with Gasteiger partial charge in [0.2, 0.25) is 0 Å². The number of carbonyl (C=O) groups excluding carboxylic acids is 3. The van der Waals surface area contributed by atoms with Gasteiger partial charge in [-0.05, 0) is 31.1 Å². The first kappa shape index (κ1) is 60.4. The molecule has 0 radical (unpaired) electrons. The minimum Gasteiger partial charge on any atom is -0.462 e. The molecule has 2 atom stereocenters. The van der Waals surface area contributed by atoms with Crippen LogP contribution < -0.4 is 0 Å². The second-order valence-electron chi connectivity index (χ2n) is 19.9. The number of hydrogen-bond donors (Lipinski definition) is 0. The zero-order valence-electron chi connectivity index (χ0n) is 42.5. The summed E-state index contributed by atoms with van der Waals surface area (Å²) in [7, 11) is 0. The summed E-state index contributed by atoms with van der Waals surface area (Å²) < 4.78 is 16.8. The Morgan fingerprint density at radius 3 is 0.919 bits per heavy atom. The van der Waals surface area contributed by atoms with E-state index >= 15 is 0 Å². The van der Waals surface area contributed by atoms with Crippen molar-refractivity contribution in [3.05, 3.63) is 0 Å². The van der Waals surface area contributed by atoms with E-state index in [1.54, 1.807) is 0 Å². The fraction of sp³-hybridized carbons (Fsp3) is 0.946. The van der Waals surface area contributed by atoms with Gasteiger partial charge in [0.05, 0.1) is 0 Å². The van der Waals surface area contributed by atoms with E-state index in [1.165, 1.54) is 199 Å². The van der Waals surface area contributed by atoms with Gasteiger partial charge < -0.3 is 14.2 Å². The Morgan fingerprint density at radius 1 is 0.339 bits per heavy atom. The SMILES string of the molecule is CCCCCCCCCCCCCCCC(=O)OC[C@H](COC(=O)CCCCCCCCCCCCCCCCCCC(C)C)OC(=O)CCCCCCCCCCC(C)CC. The van der Waals surface area contributed by atoms with Gasteiger partial charge in [0.25, 0.3) is 0 Å². The predicted octanol–water partition coefficient (Wildman–Crippen LogP) is 18.1. The largest absolute Gasteiger partial charge is 0.462 e. The summed E-state index contributed by atoms with van der Waals surface area (Å²) in [5, 5.41) is 0. The third kappa shape index (κ3) is 47.9. The molecular weight excluding hydrogens is 769 g/mol. The molecule has 0 aromatic carbocycles. The van der Waals surface area contributed by atoms with Crippen molar-refractivity contribution >= 4 is 17.9 Å². The fourth-order valence-electron chi connectivity index (χ4n) is 8.49. The van der Waals surface area contributed by atoms with Crippen LogP contribution in [0.25, 0.3) is 0 Å². The number of rotatable bonds is 50. The van der Waals surface area contributed by atoms with Crippen LogP contribution in [-0.4, -0.2) is 37.2 Å². The number of esters is 3. The number of carbonyl (C=O) groups is 3. The first-order chi connectivity index (χ1) is 30.3. The van der Waals surface area contributed by atoms with E-state index in [2.05, 4.69) is 34.6 Å². The molecule has 0 spiro atoms. The summed E-state index contributed by atoms with van der Waals surface area (Å²) in [5.41, 5.74) is 0. The number of unbranched alkanes of at least 4 members (excludes halogenated alkanes) is 34. The summed E-state index contributed by atoms with van der Waals surface area (Å²) >= 11 is 0. The van der Waals surface area contributed by atoms with E-state index in [-0.39, 0.29) is 31.1 Å². The molecule has 0 fully saturated rings. The van der Waals surface area contributed by atoms with Gasteiger partial charge in [-0.2, -0.15) is 0 Å². The second-order valence-corrected chi connectivity index (χ2v) is 19.9. The maximum Gasteiger partial charge on any atom is 0.306 e. The van der Waals surface area contributed by atoms with Crippen LogP contribution in [0, 0.1) is 11.8 Å². The van der Waals surface area contributed by atoms with E-state index < -0.39 is 6.10 Å². The first-order valence-electron chi connectivity index (χ1n) is 27.8. The minimum absolute atomic E-state index is 0.0634. The van der Waals surface area contributed by atoms with Crippen LogP contribution in [0.3, 0.4) is 0 Å². The molecule has 6 heteroatoms. The lowest BCUT2D eigenvalue weighted by Crippen LogP contribution is -2.30. The van der Waals surface area contributed by atoms with E-state index in [1.807, 2.05) is 0 Å². The maximum absolute atomic E-state index is 12.8. The van der Waals surface area contributed by atoms with E-state index in [0.29, 0.717) is 19.3 Å². The van der Waals surface area contributed by atoms with Gasteiger partial charge in [-0.1, -0.05) is 272 Å². The smallest absolute Gasteiger partial charge is 0.306 e. The monoisotopic (exact) mass is 877 g/mol. The molecule has 0 aromatic rings. The molecule has 0 heterocycles. The molecule has 1 unspecified atom stereocenters. The fourth-order valence-corrected chi connectivity index (χ4v) is 8.49. The Morgan fingerprint density at radius 2 is 0.613 bits per heavy atom. The summed E-state index contributed by atoms with van der Waals surface area (Å²) in [5.74, 6) is 0.853. The average molecular weight is 877 g/mol. The van der Waals surface area contributed by atoms with Crippen molar-refractivity contribution in [3.63, 3.8) is 0 Å². The van der Waals surface area contributed by atoms with Crippen LogP contribution in [0.15, 0.2) is 0 Å². The second kappa shape index (κ2) is 48.9. The number of ether oxygens (including phenoxy) is 3. The van der Waals surface area contributed by atoms with Crippen LogP contribution in [0.4, 0.5) is 0 Å². The number of hydrogen-bond acceptors (Lipinski definition) is 6. The quantitative estimate of drug-likeness (QED) is 0.0344. The summed E-state index contributed by atoms with van der Waals surface area (Å²) in [6.07, 6.45) is 50.9. The highest BCUT2D eigenvalue weighted by Gasteiger charge is 2.19. The molecule has 0 amide bonds. The lowest BCUT2D eigenvalue weighted by molar-refractivity contribution is -0.167. The van der Waals surface area contributed by atoms with Crippen molar-refractivity contribution in [1.82, 2.24) is 0 Å². The molecule has 0 aliphatic rings. The molecule has 62 heavy (non-hydrogen) atoms. The third-order valence-corrected chi connectivity index (χ3v) is 13.1. The van der Waals surface area contributed by atoms with E-state index in [0.717, 1.165) is 69.6 Å². The van der Waals surface area contributed by atoms with Crippen molar-refractivity contribution in [3.8, 4) is 0 Å². The first-order valence-corrected chi connectivity index (χ1v) is 27.8. The molecular formula is C56H108O6. The van der Waals surface area contributed by atoms with Crippen molar-refractivity contribution in [2.75, 3.05) is 13.2 Å². The molecule has 0 saturated heterocycles. The molecule has 0 saturated carbocycles. The zero-order valence-corrected chi connectivity index (χ0v) is 42.5. The van der Waals surface area contributed by atoms with Crippen molar-refractivity contribution in [2.45, 2.75) is 317 Å². The van der Waals surface area contributed by atoms with Crippen LogP contribution in [0.2, 0.25) is 0 Å². The molecule has 0 aliphatic carbocycles. The third-order valence-electron chi connectivity index (χ3n) is 13.1. The van der Waals surface area contributed by atoms with Crippen LogP contribution in [-0.2, 0) is 28.6 Å². The molecule has 0 aromatic heterocycles. The Bertz CT molecular complexity index is 949. The van der Waals surface area contributed by atoms with Crippen molar-refractivity contribution < 1.29 is 28.6 Å². The van der Waals surface area contributed by atoms with Crippen LogP contribution in [0.1, 0.15) is 311 Å². The van der Waals surface area contributed by atoms with E-state index in [9.17, 15) is 14.4 Å². The summed E-state index contributed by atoms with van der Waals surface area (Å²) in [6, 6.07) is 0. The lowest BCUT2D eigenvalue weighted by atomic mass is 9.99. The highest BCUT2D eigenvalue weighted by Crippen LogP contribution is 2.18. The predicted molar refractivity (Wildman–Crippen MR) is 266 cm³/mol. The molecule has 368 valence electrons. The topological polar surface area (TPSA) is 78.9 Å². The maximum atomic E-state index is 12.8. The van der Waals surface area contributed by atoms with Gasteiger partial charge in [0.1, 0.15) is 13.2 Å². The molecule has 0 N–H and O–H groups in total. The highest BCUT2D eigenvalue weighted by atomic mass is 16.6. The lowest BCUT2D eigenvalue weighted by Gasteiger charge is -2.18. The van der Waals surface area contributed by atoms with Crippen molar-refractivity contribution in [2.24, 2.45) is 11.8 Å². The summed E-state index contributed by atoms with van der Waals surface area (Å²) in [6.45, 7) is 11.4. The molecule has 0 aliphatic heterocycles.